The summed E-state index contributed by atoms with van der Waals surface area (Å²) < 4.78 is 12.4. The molecular formula is C20H31N7O4. The van der Waals surface area contributed by atoms with Crippen molar-refractivity contribution in [2.45, 2.75) is 70.1 Å². The Balaban J connectivity index is 2.07. The zero-order chi connectivity index (χ0) is 22.4. The lowest BCUT2D eigenvalue weighted by Gasteiger charge is -2.30. The van der Waals surface area contributed by atoms with Gasteiger partial charge in [0.2, 0.25) is 0 Å². The van der Waals surface area contributed by atoms with E-state index in [1.807, 2.05) is 0 Å². The molecule has 0 radical (unpaired) electrons. The van der Waals surface area contributed by atoms with Crippen LogP contribution in [0, 0.1) is 10.1 Å². The zero-order valence-corrected chi connectivity index (χ0v) is 18.3. The fourth-order valence-corrected chi connectivity index (χ4v) is 3.98. The highest BCUT2D eigenvalue weighted by atomic mass is 16.6. The first kappa shape index (κ1) is 22.9. The van der Waals surface area contributed by atoms with E-state index in [-0.39, 0.29) is 17.8 Å². The van der Waals surface area contributed by atoms with Gasteiger partial charge in [0.25, 0.3) is 5.69 Å². The van der Waals surface area contributed by atoms with Crippen LogP contribution < -0.4 is 20.5 Å². The molecular weight excluding hydrogens is 402 g/mol. The normalized spacial score (nSPS) is 19.7. The summed E-state index contributed by atoms with van der Waals surface area (Å²) in [4.78, 5) is 11.5. The third kappa shape index (κ3) is 5.28. The maximum absolute atomic E-state index is 12.0. The van der Waals surface area contributed by atoms with Crippen LogP contribution in [-0.4, -0.2) is 51.4 Å². The largest absolute Gasteiger partial charge is 0.493 e. The minimum atomic E-state index is -0.577. The molecule has 1 atom stereocenters. The van der Waals surface area contributed by atoms with E-state index in [2.05, 4.69) is 27.8 Å². The summed E-state index contributed by atoms with van der Waals surface area (Å²) >= 11 is 0. The van der Waals surface area contributed by atoms with Crippen LogP contribution in [0.15, 0.2) is 12.1 Å². The van der Waals surface area contributed by atoms with Gasteiger partial charge in [0.1, 0.15) is 6.04 Å². The Bertz CT molecular complexity index is 880. The van der Waals surface area contributed by atoms with Crippen molar-refractivity contribution in [1.29, 1.82) is 0 Å². The number of nitro groups is 1. The molecule has 0 saturated heterocycles. The smallest absolute Gasteiger partial charge is 0.278 e. The molecule has 0 amide bonds. The number of hydrogen-bond acceptors (Lipinski definition) is 9. The zero-order valence-electron chi connectivity index (χ0n) is 18.3. The van der Waals surface area contributed by atoms with Gasteiger partial charge in [-0.3, -0.25) is 10.1 Å². The number of nitro benzene ring substituents is 1. The van der Waals surface area contributed by atoms with Crippen molar-refractivity contribution < 1.29 is 14.4 Å². The number of methoxy groups -OCH3 is 2. The molecule has 1 heterocycles. The Hall–Kier alpha value is -2.79. The van der Waals surface area contributed by atoms with Crippen LogP contribution in [0.25, 0.3) is 0 Å². The van der Waals surface area contributed by atoms with Crippen LogP contribution in [0.5, 0.6) is 11.5 Å². The molecule has 1 unspecified atom stereocenters. The van der Waals surface area contributed by atoms with Gasteiger partial charge >= 0.3 is 0 Å². The molecule has 1 aromatic carbocycles. The predicted molar refractivity (Wildman–Crippen MR) is 114 cm³/mol. The first-order valence-corrected chi connectivity index (χ1v) is 10.7. The monoisotopic (exact) mass is 433 g/mol. The highest BCUT2D eigenvalue weighted by molar-refractivity contribution is 5.56. The van der Waals surface area contributed by atoms with Crippen molar-refractivity contribution in [3.8, 4) is 11.5 Å². The molecule has 1 aromatic heterocycles. The van der Waals surface area contributed by atoms with Gasteiger partial charge in [-0.15, -0.1) is 5.10 Å². The molecule has 11 nitrogen and oxygen atoms in total. The maximum atomic E-state index is 12.0. The quantitative estimate of drug-likeness (QED) is 0.426. The third-order valence-corrected chi connectivity index (χ3v) is 5.76. The van der Waals surface area contributed by atoms with Crippen LogP contribution in [0.1, 0.15) is 62.9 Å². The Morgan fingerprint density at radius 2 is 1.94 bits per heavy atom. The molecule has 1 aliphatic carbocycles. The second-order valence-electron chi connectivity index (χ2n) is 7.85. The summed E-state index contributed by atoms with van der Waals surface area (Å²) in [5, 5.41) is 27.8. The molecule has 0 spiro atoms. The molecule has 3 rings (SSSR count). The lowest BCUT2D eigenvalue weighted by molar-refractivity contribution is -0.385. The van der Waals surface area contributed by atoms with Gasteiger partial charge in [-0.25, -0.2) is 4.68 Å². The van der Waals surface area contributed by atoms with Gasteiger partial charge in [-0.2, -0.15) is 0 Å². The minimum absolute atomic E-state index is 0.0762. The van der Waals surface area contributed by atoms with Crippen LogP contribution in [0.2, 0.25) is 0 Å². The van der Waals surface area contributed by atoms with Gasteiger partial charge < -0.3 is 20.5 Å². The fraction of sp³-hybridized carbons (Fsp3) is 0.650. The van der Waals surface area contributed by atoms with Crippen molar-refractivity contribution in [3.63, 3.8) is 0 Å². The third-order valence-electron chi connectivity index (χ3n) is 5.76. The summed E-state index contributed by atoms with van der Waals surface area (Å²) in [6.07, 6.45) is 5.45. The molecule has 170 valence electrons. The van der Waals surface area contributed by atoms with Crippen molar-refractivity contribution >= 4 is 5.69 Å². The lowest BCUT2D eigenvalue weighted by Crippen LogP contribution is -2.40. The summed E-state index contributed by atoms with van der Waals surface area (Å²) in [7, 11) is 2.96. The topological polar surface area (TPSA) is 143 Å². The van der Waals surface area contributed by atoms with E-state index in [1.165, 1.54) is 20.3 Å². The number of rotatable bonds is 10. The number of benzene rings is 1. The van der Waals surface area contributed by atoms with Crippen LogP contribution in [0.3, 0.4) is 0 Å². The highest BCUT2D eigenvalue weighted by Gasteiger charge is 2.33. The van der Waals surface area contributed by atoms with Gasteiger partial charge in [0, 0.05) is 18.6 Å². The van der Waals surface area contributed by atoms with E-state index in [0.717, 1.165) is 38.5 Å². The standard InChI is InChI=1S/C20H31N7O4/c1-4-5-10-26-20(23-24-25-26)19(22-14-8-6-13(21)7-9-14)15-11-17(30-2)18(31-3)12-16(15)27(28)29/h11-14,19,22H,4-10,21H2,1-3H3. The lowest BCUT2D eigenvalue weighted by atomic mass is 9.90. The van der Waals surface area contributed by atoms with Crippen LogP contribution in [-0.2, 0) is 6.54 Å². The molecule has 31 heavy (non-hydrogen) atoms. The number of tetrazole rings is 1. The molecule has 1 aliphatic rings. The predicted octanol–water partition coefficient (Wildman–Crippen LogP) is 2.35. The van der Waals surface area contributed by atoms with Gasteiger partial charge in [0.05, 0.1) is 30.8 Å². The first-order valence-electron chi connectivity index (χ1n) is 10.7. The van der Waals surface area contributed by atoms with E-state index < -0.39 is 11.0 Å². The molecule has 0 bridgehead atoms. The summed E-state index contributed by atoms with van der Waals surface area (Å²) in [6, 6.07) is 2.80. The van der Waals surface area contributed by atoms with E-state index >= 15 is 0 Å². The fourth-order valence-electron chi connectivity index (χ4n) is 3.98. The van der Waals surface area contributed by atoms with E-state index in [1.54, 1.807) is 10.7 Å². The number of unbranched alkanes of at least 4 members (excludes halogenated alkanes) is 1. The minimum Gasteiger partial charge on any atom is -0.493 e. The van der Waals surface area contributed by atoms with Gasteiger partial charge in [0.15, 0.2) is 17.3 Å². The van der Waals surface area contributed by atoms with E-state index in [9.17, 15) is 10.1 Å². The molecule has 2 aromatic rings. The number of aromatic nitrogens is 4. The molecule has 1 saturated carbocycles. The Kier molecular flexibility index (Phi) is 7.75. The summed E-state index contributed by atoms with van der Waals surface area (Å²) in [5.41, 5.74) is 6.42. The Morgan fingerprint density at radius 1 is 1.26 bits per heavy atom. The SMILES string of the molecule is CCCCn1nnnc1C(NC1CCC(N)CC1)c1cc(OC)c(OC)cc1[N+](=O)[O-]. The maximum Gasteiger partial charge on any atom is 0.278 e. The summed E-state index contributed by atoms with van der Waals surface area (Å²) in [5.74, 6) is 1.25. The Labute approximate surface area is 181 Å². The molecule has 3 N–H and O–H groups in total. The number of aryl methyl sites for hydroxylation is 1. The van der Waals surface area contributed by atoms with Crippen LogP contribution >= 0.6 is 0 Å². The van der Waals surface area contributed by atoms with Crippen molar-refractivity contribution in [2.75, 3.05) is 14.2 Å². The average Bonchev–Trinajstić information content (AvgIpc) is 3.24. The van der Waals surface area contributed by atoms with Crippen molar-refractivity contribution in [2.24, 2.45) is 5.73 Å². The number of ether oxygens (including phenoxy) is 2. The summed E-state index contributed by atoms with van der Waals surface area (Å²) in [6.45, 7) is 2.72. The van der Waals surface area contributed by atoms with E-state index in [0.29, 0.717) is 29.4 Å². The second-order valence-corrected chi connectivity index (χ2v) is 7.85. The molecule has 0 aliphatic heterocycles. The van der Waals surface area contributed by atoms with E-state index in [4.69, 9.17) is 15.2 Å². The van der Waals surface area contributed by atoms with Crippen molar-refractivity contribution in [3.05, 3.63) is 33.6 Å². The molecule has 11 heteroatoms. The van der Waals surface area contributed by atoms with Crippen molar-refractivity contribution in [1.82, 2.24) is 25.5 Å². The first-order chi connectivity index (χ1) is 15.0. The number of nitrogens with one attached hydrogen (secondary N) is 1. The van der Waals surface area contributed by atoms with Gasteiger partial charge in [-0.1, -0.05) is 13.3 Å². The second kappa shape index (κ2) is 10.5. The number of nitrogens with zero attached hydrogens (tertiary/aromatic N) is 5. The average molecular weight is 434 g/mol. The Morgan fingerprint density at radius 3 is 2.55 bits per heavy atom. The number of nitrogens with two attached hydrogens (primary N) is 1. The van der Waals surface area contributed by atoms with Gasteiger partial charge in [-0.05, 0) is 48.6 Å². The van der Waals surface area contributed by atoms with Crippen LogP contribution in [0.4, 0.5) is 5.69 Å². The highest BCUT2D eigenvalue weighted by Crippen LogP contribution is 2.39. The number of hydrogen-bond donors (Lipinski definition) is 2. The molecule has 1 fully saturated rings.